The average Bonchev–Trinajstić information content (AvgIpc) is 3.12. The summed E-state index contributed by atoms with van der Waals surface area (Å²) in [7, 11) is 0. The second kappa shape index (κ2) is 8.65. The molecule has 0 spiro atoms. The van der Waals surface area contributed by atoms with Crippen molar-refractivity contribution in [3.8, 4) is 0 Å². The van der Waals surface area contributed by atoms with Crippen LogP contribution in [0, 0.1) is 13.8 Å². The number of hydrogen-bond acceptors (Lipinski definition) is 5. The molecule has 1 heterocycles. The average molecular weight is 463 g/mol. The number of fused-ring (bicyclic) bond motifs is 2. The van der Waals surface area contributed by atoms with Gasteiger partial charge in [-0.15, -0.1) is 0 Å². The van der Waals surface area contributed by atoms with Crippen LogP contribution in [0.25, 0.3) is 10.8 Å². The second-order valence-corrected chi connectivity index (χ2v) is 8.52. The Hall–Kier alpha value is -4.58. The Morgan fingerprint density at radius 3 is 2.37 bits per heavy atom. The number of amides is 2. The lowest BCUT2D eigenvalue weighted by Gasteiger charge is -2.16. The van der Waals surface area contributed by atoms with Crippen molar-refractivity contribution in [3.05, 3.63) is 112 Å². The van der Waals surface area contributed by atoms with Crippen LogP contribution in [0.1, 0.15) is 52.6 Å². The van der Waals surface area contributed by atoms with Gasteiger partial charge in [0.15, 0.2) is 6.61 Å². The van der Waals surface area contributed by atoms with Crippen LogP contribution in [-0.4, -0.2) is 30.2 Å². The van der Waals surface area contributed by atoms with Crippen molar-refractivity contribution in [1.82, 2.24) is 0 Å². The number of Topliss-reactive ketones (excluding diaryl/α,β-unsaturated/α-hetero) is 1. The summed E-state index contributed by atoms with van der Waals surface area (Å²) in [4.78, 5) is 52.7. The highest BCUT2D eigenvalue weighted by atomic mass is 16.5. The van der Waals surface area contributed by atoms with Crippen LogP contribution in [0.15, 0.2) is 78.9 Å². The molecular weight excluding hydrogens is 442 g/mol. The fourth-order valence-electron chi connectivity index (χ4n) is 4.32. The van der Waals surface area contributed by atoms with Gasteiger partial charge in [0.05, 0.1) is 22.4 Å². The molecule has 35 heavy (non-hydrogen) atoms. The maximum absolute atomic E-state index is 13.2. The Balaban J connectivity index is 1.38. The van der Waals surface area contributed by atoms with Crippen molar-refractivity contribution >= 4 is 40.0 Å². The number of aryl methyl sites for hydroxylation is 2. The van der Waals surface area contributed by atoms with E-state index in [9.17, 15) is 19.2 Å². The van der Waals surface area contributed by atoms with Crippen molar-refractivity contribution < 1.29 is 23.9 Å². The molecule has 6 heteroatoms. The molecule has 6 nitrogen and oxygen atoms in total. The fraction of sp³-hybridized carbons (Fsp3) is 0.103. The number of esters is 1. The first-order chi connectivity index (χ1) is 16.8. The van der Waals surface area contributed by atoms with E-state index in [1.165, 1.54) is 18.2 Å². The molecule has 0 fully saturated rings. The molecule has 4 aromatic rings. The largest absolute Gasteiger partial charge is 0.454 e. The highest BCUT2D eigenvalue weighted by molar-refractivity contribution is 6.36. The zero-order chi connectivity index (χ0) is 24.7. The molecule has 0 aromatic heterocycles. The number of carbonyl (C=O) groups excluding carboxylic acids is 4. The Morgan fingerprint density at radius 1 is 0.800 bits per heavy atom. The summed E-state index contributed by atoms with van der Waals surface area (Å²) in [5, 5.41) is 1.67. The van der Waals surface area contributed by atoms with Gasteiger partial charge in [-0.1, -0.05) is 54.1 Å². The first-order valence-corrected chi connectivity index (χ1v) is 11.1. The maximum Gasteiger partial charge on any atom is 0.338 e. The predicted octanol–water partition coefficient (Wildman–Crippen LogP) is 5.30. The molecule has 0 radical (unpaired) electrons. The van der Waals surface area contributed by atoms with Crippen LogP contribution in [0.5, 0.6) is 0 Å². The van der Waals surface area contributed by atoms with E-state index in [-0.39, 0.29) is 22.5 Å². The topological polar surface area (TPSA) is 80.8 Å². The Kier molecular flexibility index (Phi) is 5.49. The normalized spacial score (nSPS) is 12.7. The van der Waals surface area contributed by atoms with E-state index in [0.29, 0.717) is 11.3 Å². The fourth-order valence-corrected chi connectivity index (χ4v) is 4.32. The zero-order valence-corrected chi connectivity index (χ0v) is 19.2. The lowest BCUT2D eigenvalue weighted by Crippen LogP contribution is -2.29. The summed E-state index contributed by atoms with van der Waals surface area (Å²) in [6.45, 7) is 3.28. The third kappa shape index (κ3) is 3.89. The predicted molar refractivity (Wildman–Crippen MR) is 132 cm³/mol. The molecule has 0 saturated carbocycles. The van der Waals surface area contributed by atoms with E-state index in [2.05, 4.69) is 0 Å². The van der Waals surface area contributed by atoms with Gasteiger partial charge < -0.3 is 4.74 Å². The highest BCUT2D eigenvalue weighted by Gasteiger charge is 2.38. The zero-order valence-electron chi connectivity index (χ0n) is 19.2. The van der Waals surface area contributed by atoms with E-state index in [1.807, 2.05) is 56.3 Å². The lowest BCUT2D eigenvalue weighted by molar-refractivity contribution is 0.0474. The van der Waals surface area contributed by atoms with Crippen LogP contribution in [-0.2, 0) is 4.74 Å². The summed E-state index contributed by atoms with van der Waals surface area (Å²) >= 11 is 0. The van der Waals surface area contributed by atoms with Crippen molar-refractivity contribution in [2.45, 2.75) is 13.8 Å². The summed E-state index contributed by atoms with van der Waals surface area (Å²) in [6.07, 6.45) is 0. The number of ether oxygens (including phenoxy) is 1. The monoisotopic (exact) mass is 463 g/mol. The summed E-state index contributed by atoms with van der Waals surface area (Å²) < 4.78 is 5.23. The number of anilines is 1. The van der Waals surface area contributed by atoms with Crippen LogP contribution in [0.3, 0.4) is 0 Å². The molecule has 0 aliphatic carbocycles. The standard InChI is InChI=1S/C29H21NO5/c1-17-10-11-18(2)23(14-17)26(31)16-35-29(34)20-12-13-22-24(15-20)28(33)30(27(22)32)25-9-5-7-19-6-3-4-8-21(19)25/h3-15H,16H2,1-2H3. The van der Waals surface area contributed by atoms with Gasteiger partial charge in [-0.05, 0) is 55.1 Å². The summed E-state index contributed by atoms with van der Waals surface area (Å²) in [5.41, 5.74) is 3.15. The first-order valence-electron chi connectivity index (χ1n) is 11.1. The minimum atomic E-state index is -0.740. The maximum atomic E-state index is 13.2. The highest BCUT2D eigenvalue weighted by Crippen LogP contribution is 2.34. The van der Waals surface area contributed by atoms with Crippen LogP contribution in [0.2, 0.25) is 0 Å². The summed E-state index contributed by atoms with van der Waals surface area (Å²) in [6, 6.07) is 22.6. The van der Waals surface area contributed by atoms with Crippen LogP contribution >= 0.6 is 0 Å². The smallest absolute Gasteiger partial charge is 0.338 e. The van der Waals surface area contributed by atoms with Crippen molar-refractivity contribution in [1.29, 1.82) is 0 Å². The molecule has 0 atom stereocenters. The van der Waals surface area contributed by atoms with Crippen LogP contribution < -0.4 is 4.90 Å². The molecular formula is C29H21NO5. The Morgan fingerprint density at radius 2 is 1.54 bits per heavy atom. The second-order valence-electron chi connectivity index (χ2n) is 8.52. The Labute approximate surface area is 201 Å². The molecule has 4 aromatic carbocycles. The summed E-state index contributed by atoms with van der Waals surface area (Å²) in [5.74, 6) is -2.02. The lowest BCUT2D eigenvalue weighted by atomic mass is 10.0. The molecule has 1 aliphatic rings. The van der Waals surface area contributed by atoms with Gasteiger partial charge in [-0.25, -0.2) is 9.69 Å². The minimum Gasteiger partial charge on any atom is -0.454 e. The van der Waals surface area contributed by atoms with Crippen molar-refractivity contribution in [2.24, 2.45) is 0 Å². The SMILES string of the molecule is Cc1ccc(C)c(C(=O)COC(=O)c2ccc3c(c2)C(=O)N(c2cccc4ccccc24)C3=O)c1. The first kappa shape index (κ1) is 22.2. The van der Waals surface area contributed by atoms with Crippen LogP contribution in [0.4, 0.5) is 5.69 Å². The van der Waals surface area contributed by atoms with E-state index in [1.54, 1.807) is 18.2 Å². The molecule has 5 rings (SSSR count). The molecule has 1 aliphatic heterocycles. The van der Waals surface area contributed by atoms with Gasteiger partial charge in [0.25, 0.3) is 11.8 Å². The molecule has 0 unspecified atom stereocenters. The number of imide groups is 1. The molecule has 2 amide bonds. The molecule has 0 bridgehead atoms. The van der Waals surface area contributed by atoms with Gasteiger partial charge in [0.2, 0.25) is 5.78 Å². The van der Waals surface area contributed by atoms with Crippen molar-refractivity contribution in [2.75, 3.05) is 11.5 Å². The van der Waals surface area contributed by atoms with E-state index in [0.717, 1.165) is 26.8 Å². The van der Waals surface area contributed by atoms with E-state index < -0.39 is 24.4 Å². The third-order valence-corrected chi connectivity index (χ3v) is 6.16. The number of ketones is 1. The number of hydrogen-bond donors (Lipinski definition) is 0. The van der Waals surface area contributed by atoms with Gasteiger partial charge >= 0.3 is 5.97 Å². The molecule has 0 N–H and O–H groups in total. The van der Waals surface area contributed by atoms with Gasteiger partial charge in [-0.2, -0.15) is 0 Å². The van der Waals surface area contributed by atoms with Gasteiger partial charge in [-0.3, -0.25) is 14.4 Å². The molecule has 0 saturated heterocycles. The number of rotatable bonds is 5. The minimum absolute atomic E-state index is 0.0958. The molecule has 172 valence electrons. The quantitative estimate of drug-likeness (QED) is 0.228. The number of carbonyl (C=O) groups is 4. The van der Waals surface area contributed by atoms with Gasteiger partial charge in [0.1, 0.15) is 0 Å². The van der Waals surface area contributed by atoms with Gasteiger partial charge in [0, 0.05) is 10.9 Å². The third-order valence-electron chi connectivity index (χ3n) is 6.16. The van der Waals surface area contributed by atoms with Crippen molar-refractivity contribution in [3.63, 3.8) is 0 Å². The number of nitrogens with zero attached hydrogens (tertiary/aromatic N) is 1. The number of benzene rings is 4. The Bertz CT molecular complexity index is 1550. The van der Waals surface area contributed by atoms with E-state index in [4.69, 9.17) is 4.74 Å². The van der Waals surface area contributed by atoms with E-state index >= 15 is 0 Å².